The molecule has 0 aliphatic rings. The first-order chi connectivity index (χ1) is 16.5. The van der Waals surface area contributed by atoms with E-state index in [0.29, 0.717) is 11.4 Å². The fourth-order valence-electron chi connectivity index (χ4n) is 4.28. The van der Waals surface area contributed by atoms with Gasteiger partial charge in [0.25, 0.3) is 0 Å². The second kappa shape index (κ2) is 8.79. The molecule has 0 saturated carbocycles. The van der Waals surface area contributed by atoms with Crippen molar-refractivity contribution in [1.82, 2.24) is 20.1 Å². The van der Waals surface area contributed by atoms with Gasteiger partial charge in [-0.2, -0.15) is 0 Å². The molecule has 0 spiro atoms. The molecule has 2 heterocycles. The van der Waals surface area contributed by atoms with Crippen molar-refractivity contribution in [1.29, 1.82) is 0 Å². The summed E-state index contributed by atoms with van der Waals surface area (Å²) >= 11 is 4.11. The zero-order chi connectivity index (χ0) is 23.8. The molecule has 2 N–H and O–H groups in total. The predicted octanol–water partition coefficient (Wildman–Crippen LogP) is 5.57. The van der Waals surface area contributed by atoms with Gasteiger partial charge in [0, 0.05) is 12.0 Å². The lowest BCUT2D eigenvalue weighted by Crippen LogP contribution is -1.96. The second-order valence-corrected chi connectivity index (χ2v) is 8.53. The van der Waals surface area contributed by atoms with Crippen molar-refractivity contribution in [3.8, 4) is 33.6 Å². The van der Waals surface area contributed by atoms with Crippen molar-refractivity contribution < 1.29 is 9.32 Å². The number of rotatable bonds is 6. The summed E-state index contributed by atoms with van der Waals surface area (Å²) in [5.41, 5.74) is 7.57. The summed E-state index contributed by atoms with van der Waals surface area (Å²) in [4.78, 5) is 34.4. The standard InChI is InChI=1S/C26H22N4O3S/c1-3-6-21-27-22-14(2)19(13-20(25(31)34)23(22)28-21)16-11-9-15(10-12-16)17-7-4-5-8-18(17)24-29-26(32)33-30-24/h4-5,7-13H,3,6H2,1-2H3,(H,27,28)(H,31,34)(H,29,30,32). The minimum absolute atomic E-state index is 0.301. The van der Waals surface area contributed by atoms with E-state index in [2.05, 4.69) is 39.2 Å². The molecule has 0 saturated heterocycles. The molecule has 170 valence electrons. The number of nitrogens with one attached hydrogen (secondary N) is 2. The van der Waals surface area contributed by atoms with Gasteiger partial charge in [0.15, 0.2) is 5.82 Å². The van der Waals surface area contributed by atoms with Gasteiger partial charge in [-0.05, 0) is 47.2 Å². The summed E-state index contributed by atoms with van der Waals surface area (Å²) in [6.07, 6.45) is 1.77. The number of hydrogen-bond donors (Lipinski definition) is 3. The Hall–Kier alpha value is -3.91. The van der Waals surface area contributed by atoms with Gasteiger partial charge in [-0.3, -0.25) is 14.3 Å². The Morgan fingerprint density at radius 2 is 1.68 bits per heavy atom. The number of aryl methyl sites for hydroxylation is 2. The SMILES string of the molecule is CCCc1nc2c(C)c(-c3ccc(-c4ccccc4-c4noc(=O)[nH]4)cc3)cc(C(=O)S)c2[nH]1. The van der Waals surface area contributed by atoms with Crippen LogP contribution in [0.2, 0.25) is 0 Å². The molecule has 5 aromatic rings. The van der Waals surface area contributed by atoms with Crippen LogP contribution in [0.5, 0.6) is 0 Å². The first-order valence-electron chi connectivity index (χ1n) is 11.0. The van der Waals surface area contributed by atoms with Gasteiger partial charge >= 0.3 is 5.76 Å². The first kappa shape index (κ1) is 21.9. The minimum atomic E-state index is -0.596. The normalized spacial score (nSPS) is 11.3. The van der Waals surface area contributed by atoms with E-state index in [-0.39, 0.29) is 5.12 Å². The summed E-state index contributed by atoms with van der Waals surface area (Å²) in [6.45, 7) is 4.11. The number of benzene rings is 3. The number of H-pyrrole nitrogens is 2. The third-order valence-corrected chi connectivity index (χ3v) is 6.16. The molecule has 8 heteroatoms. The number of carbonyl (C=O) groups excluding carboxylic acids is 1. The van der Waals surface area contributed by atoms with E-state index in [0.717, 1.165) is 63.1 Å². The van der Waals surface area contributed by atoms with Crippen LogP contribution in [0.1, 0.15) is 35.1 Å². The van der Waals surface area contributed by atoms with Gasteiger partial charge in [-0.1, -0.05) is 60.6 Å². The molecular weight excluding hydrogens is 448 g/mol. The lowest BCUT2D eigenvalue weighted by molar-refractivity contribution is 0.109. The summed E-state index contributed by atoms with van der Waals surface area (Å²) in [7, 11) is 0. The van der Waals surface area contributed by atoms with Crippen LogP contribution in [0.4, 0.5) is 0 Å². The van der Waals surface area contributed by atoms with Crippen LogP contribution in [0.15, 0.2) is 63.9 Å². The second-order valence-electron chi connectivity index (χ2n) is 8.13. The zero-order valence-electron chi connectivity index (χ0n) is 18.7. The van der Waals surface area contributed by atoms with E-state index >= 15 is 0 Å². The molecule has 7 nitrogen and oxygen atoms in total. The van der Waals surface area contributed by atoms with Crippen molar-refractivity contribution in [3.05, 3.63) is 82.1 Å². The van der Waals surface area contributed by atoms with E-state index in [1.807, 2.05) is 61.5 Å². The lowest BCUT2D eigenvalue weighted by atomic mass is 9.93. The molecule has 0 radical (unpaired) electrons. The van der Waals surface area contributed by atoms with Crippen LogP contribution in [0, 0.1) is 6.92 Å². The number of thiol groups is 1. The van der Waals surface area contributed by atoms with E-state index in [1.165, 1.54) is 0 Å². The van der Waals surface area contributed by atoms with Gasteiger partial charge in [-0.15, -0.1) is 12.6 Å². The van der Waals surface area contributed by atoms with E-state index in [4.69, 9.17) is 4.98 Å². The Balaban J connectivity index is 1.60. The summed E-state index contributed by atoms with van der Waals surface area (Å²) in [6, 6.07) is 17.6. The molecule has 0 amide bonds. The molecule has 2 aromatic heterocycles. The highest BCUT2D eigenvalue weighted by Gasteiger charge is 2.18. The van der Waals surface area contributed by atoms with Gasteiger partial charge < -0.3 is 4.98 Å². The Morgan fingerprint density at radius 3 is 2.29 bits per heavy atom. The molecule has 0 unspecified atom stereocenters. The van der Waals surface area contributed by atoms with E-state index in [9.17, 15) is 9.59 Å². The maximum Gasteiger partial charge on any atom is 0.439 e. The summed E-state index contributed by atoms with van der Waals surface area (Å²) < 4.78 is 4.68. The average molecular weight is 471 g/mol. The summed E-state index contributed by atoms with van der Waals surface area (Å²) in [5.74, 6) is 0.650. The third-order valence-electron chi connectivity index (χ3n) is 5.92. The fourth-order valence-corrected chi connectivity index (χ4v) is 4.46. The van der Waals surface area contributed by atoms with Crippen LogP contribution in [-0.2, 0) is 6.42 Å². The number of aromatic amines is 2. The Morgan fingerprint density at radius 1 is 1.00 bits per heavy atom. The number of nitrogens with zero attached hydrogens (tertiary/aromatic N) is 2. The maximum absolute atomic E-state index is 12.3. The Bertz CT molecular complexity index is 1580. The molecule has 0 aliphatic heterocycles. The van der Waals surface area contributed by atoms with Crippen LogP contribution < -0.4 is 5.76 Å². The number of aromatic nitrogens is 4. The predicted molar refractivity (Wildman–Crippen MR) is 135 cm³/mol. The van der Waals surface area contributed by atoms with Crippen LogP contribution in [-0.4, -0.2) is 25.2 Å². The average Bonchev–Trinajstić information content (AvgIpc) is 3.46. The molecular formula is C26H22N4O3S. The van der Waals surface area contributed by atoms with Crippen molar-refractivity contribution in [2.75, 3.05) is 0 Å². The molecule has 0 bridgehead atoms. The molecule has 0 fully saturated rings. The molecule has 0 atom stereocenters. The van der Waals surface area contributed by atoms with E-state index < -0.39 is 5.76 Å². The topological polar surface area (TPSA) is 105 Å². The molecule has 3 aromatic carbocycles. The molecule has 0 aliphatic carbocycles. The molecule has 34 heavy (non-hydrogen) atoms. The maximum atomic E-state index is 12.3. The lowest BCUT2D eigenvalue weighted by Gasteiger charge is -2.12. The smallest absolute Gasteiger partial charge is 0.341 e. The highest BCUT2D eigenvalue weighted by molar-refractivity contribution is 7.97. The van der Waals surface area contributed by atoms with Crippen molar-refractivity contribution in [2.24, 2.45) is 0 Å². The molecule has 5 rings (SSSR count). The highest BCUT2D eigenvalue weighted by atomic mass is 32.1. The number of imidazole rings is 1. The quantitative estimate of drug-likeness (QED) is 0.281. The number of carbonyl (C=O) groups is 1. The fraction of sp³-hybridized carbons (Fsp3) is 0.154. The first-order valence-corrected chi connectivity index (χ1v) is 11.4. The highest BCUT2D eigenvalue weighted by Crippen LogP contribution is 2.35. The third kappa shape index (κ3) is 3.86. The largest absolute Gasteiger partial charge is 0.439 e. The van der Waals surface area contributed by atoms with Crippen molar-refractivity contribution in [2.45, 2.75) is 26.7 Å². The van der Waals surface area contributed by atoms with Crippen LogP contribution >= 0.6 is 12.6 Å². The Kier molecular flexibility index (Phi) is 5.67. The van der Waals surface area contributed by atoms with Gasteiger partial charge in [0.05, 0.1) is 16.6 Å². The Labute approximate surface area is 200 Å². The minimum Gasteiger partial charge on any atom is -0.341 e. The van der Waals surface area contributed by atoms with Crippen molar-refractivity contribution >= 4 is 28.8 Å². The van der Waals surface area contributed by atoms with Gasteiger partial charge in [-0.25, -0.2) is 9.78 Å². The van der Waals surface area contributed by atoms with Crippen LogP contribution in [0.25, 0.3) is 44.7 Å². The summed E-state index contributed by atoms with van der Waals surface area (Å²) in [5, 5.41) is 3.53. The number of fused-ring (bicyclic) bond motifs is 1. The van der Waals surface area contributed by atoms with Crippen molar-refractivity contribution in [3.63, 3.8) is 0 Å². The zero-order valence-corrected chi connectivity index (χ0v) is 19.6. The van der Waals surface area contributed by atoms with Crippen LogP contribution in [0.3, 0.4) is 0 Å². The van der Waals surface area contributed by atoms with Gasteiger partial charge in [0.2, 0.25) is 5.12 Å². The number of hydrogen-bond acceptors (Lipinski definition) is 5. The van der Waals surface area contributed by atoms with Gasteiger partial charge in [0.1, 0.15) is 5.82 Å². The monoisotopic (exact) mass is 470 g/mol. The van der Waals surface area contributed by atoms with E-state index in [1.54, 1.807) is 0 Å².